The molecule has 0 aliphatic carbocycles. The van der Waals surface area contributed by atoms with Crippen molar-refractivity contribution in [2.45, 2.75) is 180 Å². The fourth-order valence-electron chi connectivity index (χ4n) is 5.18. The Balaban J connectivity index is 4.24. The highest BCUT2D eigenvalue weighted by molar-refractivity contribution is 7.47. The van der Waals surface area contributed by atoms with Crippen LogP contribution < -0.4 is 11.1 Å². The van der Waals surface area contributed by atoms with E-state index in [2.05, 4.69) is 31.3 Å². The van der Waals surface area contributed by atoms with Gasteiger partial charge in [-0.1, -0.05) is 141 Å². The van der Waals surface area contributed by atoms with Crippen molar-refractivity contribution in [1.82, 2.24) is 5.32 Å². The van der Waals surface area contributed by atoms with Crippen LogP contribution >= 0.6 is 7.82 Å². The first-order valence-electron chi connectivity index (χ1n) is 18.5. The lowest BCUT2D eigenvalue weighted by molar-refractivity contribution is -0.123. The SMILES string of the molecule is CCCCCCCC/C=C\CCCCCCCCCC(=O)NC(COP(=O)(O)OCCN)C(O)/C=C/CCCCCCCCC. The zero-order valence-electron chi connectivity index (χ0n) is 29.1. The van der Waals surface area contributed by atoms with Gasteiger partial charge < -0.3 is 21.1 Å². The highest BCUT2D eigenvalue weighted by Gasteiger charge is 2.26. The Hall–Kier alpha value is -1.02. The molecule has 0 aliphatic heterocycles. The Morgan fingerprint density at radius 2 is 1.16 bits per heavy atom. The molecule has 0 bridgehead atoms. The lowest BCUT2D eigenvalue weighted by Crippen LogP contribution is -2.45. The van der Waals surface area contributed by atoms with E-state index in [4.69, 9.17) is 14.8 Å². The van der Waals surface area contributed by atoms with Crippen LogP contribution in [0.3, 0.4) is 0 Å². The smallest absolute Gasteiger partial charge is 0.387 e. The largest absolute Gasteiger partial charge is 0.472 e. The van der Waals surface area contributed by atoms with Gasteiger partial charge in [0.15, 0.2) is 0 Å². The van der Waals surface area contributed by atoms with Crippen LogP contribution in [-0.4, -0.2) is 47.8 Å². The number of phosphoric ester groups is 1. The molecule has 0 rings (SSSR count). The topological polar surface area (TPSA) is 131 Å². The zero-order valence-corrected chi connectivity index (χ0v) is 30.0. The molecule has 0 radical (unpaired) electrons. The number of allylic oxidation sites excluding steroid dienone is 3. The van der Waals surface area contributed by atoms with E-state index in [1.165, 1.54) is 109 Å². The maximum Gasteiger partial charge on any atom is 0.472 e. The van der Waals surface area contributed by atoms with E-state index in [0.717, 1.165) is 38.5 Å². The molecule has 0 heterocycles. The number of aliphatic hydroxyl groups excluding tert-OH is 1. The summed E-state index contributed by atoms with van der Waals surface area (Å²) in [7, 11) is -4.32. The first kappa shape index (κ1) is 44.0. The monoisotopic (exact) mass is 659 g/mol. The van der Waals surface area contributed by atoms with E-state index in [1.54, 1.807) is 6.08 Å². The predicted molar refractivity (Wildman–Crippen MR) is 189 cm³/mol. The fourth-order valence-corrected chi connectivity index (χ4v) is 5.94. The van der Waals surface area contributed by atoms with Crippen LogP contribution in [0.15, 0.2) is 24.3 Å². The fraction of sp³-hybridized carbons (Fsp3) is 0.861. The van der Waals surface area contributed by atoms with Crippen molar-refractivity contribution in [1.29, 1.82) is 0 Å². The molecule has 0 aromatic rings. The Labute approximate surface area is 277 Å². The molecule has 0 aliphatic rings. The quantitative estimate of drug-likeness (QED) is 0.0308. The van der Waals surface area contributed by atoms with E-state index in [1.807, 2.05) is 6.08 Å². The average molecular weight is 659 g/mol. The number of hydrogen-bond acceptors (Lipinski definition) is 6. The third kappa shape index (κ3) is 31.4. The van der Waals surface area contributed by atoms with Crippen molar-refractivity contribution in [2.24, 2.45) is 5.73 Å². The standard InChI is InChI=1S/C36H71N2O6P/c1-3-5-7-9-11-13-14-15-16-17-18-19-20-22-24-26-28-30-36(40)38-34(33-44-45(41,42)43-32-31-37)35(39)29-27-25-23-21-12-10-8-6-4-2/h15-16,27,29,34-35,39H,3-14,17-26,28,30-33,37H2,1-2H3,(H,38,40)(H,41,42)/b16-15-,29-27+. The summed E-state index contributed by atoms with van der Waals surface area (Å²) in [6, 6.07) is -0.857. The summed E-state index contributed by atoms with van der Waals surface area (Å²) in [5.74, 6) is -0.202. The number of carbonyl (C=O) groups excluding carboxylic acids is 1. The van der Waals surface area contributed by atoms with E-state index in [9.17, 15) is 19.4 Å². The maximum atomic E-state index is 12.7. The number of amides is 1. The van der Waals surface area contributed by atoms with Crippen LogP contribution in [0.4, 0.5) is 0 Å². The average Bonchev–Trinajstić information content (AvgIpc) is 3.02. The Morgan fingerprint density at radius 1 is 0.711 bits per heavy atom. The van der Waals surface area contributed by atoms with Crippen molar-refractivity contribution in [3.63, 3.8) is 0 Å². The summed E-state index contributed by atoms with van der Waals surface area (Å²) in [5, 5.41) is 13.5. The van der Waals surface area contributed by atoms with Crippen LogP contribution in [0.1, 0.15) is 168 Å². The van der Waals surface area contributed by atoms with Gasteiger partial charge in [0.05, 0.1) is 25.4 Å². The molecule has 9 heteroatoms. The summed E-state index contributed by atoms with van der Waals surface area (Å²) in [5.41, 5.74) is 5.34. The van der Waals surface area contributed by atoms with Gasteiger partial charge in [0.1, 0.15) is 0 Å². The maximum absolute atomic E-state index is 12.7. The van der Waals surface area contributed by atoms with E-state index >= 15 is 0 Å². The molecule has 3 unspecified atom stereocenters. The minimum atomic E-state index is -4.32. The van der Waals surface area contributed by atoms with Gasteiger partial charge in [-0.05, 0) is 44.9 Å². The zero-order chi connectivity index (χ0) is 33.3. The summed E-state index contributed by atoms with van der Waals surface area (Å²) < 4.78 is 22.0. The van der Waals surface area contributed by atoms with Gasteiger partial charge in [-0.2, -0.15) is 0 Å². The second kappa shape index (κ2) is 32.9. The molecule has 45 heavy (non-hydrogen) atoms. The number of unbranched alkanes of at least 4 members (excludes halogenated alkanes) is 20. The van der Waals surface area contributed by atoms with Crippen molar-refractivity contribution < 1.29 is 28.4 Å². The highest BCUT2D eigenvalue weighted by atomic mass is 31.2. The normalized spacial score (nSPS) is 14.7. The van der Waals surface area contributed by atoms with Gasteiger partial charge in [-0.3, -0.25) is 13.8 Å². The molecule has 3 atom stereocenters. The lowest BCUT2D eigenvalue weighted by Gasteiger charge is -2.23. The lowest BCUT2D eigenvalue weighted by atomic mass is 10.1. The summed E-state index contributed by atoms with van der Waals surface area (Å²) in [6.45, 7) is 4.08. The van der Waals surface area contributed by atoms with Crippen molar-refractivity contribution in [2.75, 3.05) is 19.8 Å². The molecule has 266 valence electrons. The van der Waals surface area contributed by atoms with Gasteiger partial charge >= 0.3 is 7.82 Å². The Kier molecular flexibility index (Phi) is 32.2. The van der Waals surface area contributed by atoms with Gasteiger partial charge in [-0.25, -0.2) is 4.57 Å². The van der Waals surface area contributed by atoms with Gasteiger partial charge in [-0.15, -0.1) is 0 Å². The second-order valence-corrected chi connectivity index (χ2v) is 13.9. The molecule has 0 saturated heterocycles. The van der Waals surface area contributed by atoms with Crippen LogP contribution in [0.2, 0.25) is 0 Å². The van der Waals surface area contributed by atoms with Crippen LogP contribution in [0.25, 0.3) is 0 Å². The third-order valence-corrected chi connectivity index (χ3v) is 9.01. The predicted octanol–water partition coefficient (Wildman–Crippen LogP) is 9.44. The van der Waals surface area contributed by atoms with E-state index in [-0.39, 0.29) is 25.7 Å². The minimum absolute atomic E-state index is 0.0781. The van der Waals surface area contributed by atoms with E-state index < -0.39 is 20.0 Å². The highest BCUT2D eigenvalue weighted by Crippen LogP contribution is 2.43. The molecule has 0 saturated carbocycles. The second-order valence-electron chi connectivity index (χ2n) is 12.4. The van der Waals surface area contributed by atoms with Crippen LogP contribution in [-0.2, 0) is 18.4 Å². The molecular formula is C36H71N2O6P. The molecule has 5 N–H and O–H groups in total. The molecule has 0 aromatic heterocycles. The number of nitrogens with two attached hydrogens (primary N) is 1. The number of carbonyl (C=O) groups is 1. The molecule has 0 fully saturated rings. The molecule has 0 aromatic carbocycles. The third-order valence-electron chi connectivity index (χ3n) is 8.02. The van der Waals surface area contributed by atoms with Gasteiger partial charge in [0, 0.05) is 13.0 Å². The molecule has 0 spiro atoms. The molecule has 1 amide bonds. The minimum Gasteiger partial charge on any atom is -0.387 e. The van der Waals surface area contributed by atoms with Crippen molar-refractivity contribution in [3.8, 4) is 0 Å². The van der Waals surface area contributed by atoms with Crippen LogP contribution in [0, 0.1) is 0 Å². The van der Waals surface area contributed by atoms with E-state index in [0.29, 0.717) is 6.42 Å². The summed E-state index contributed by atoms with van der Waals surface area (Å²) in [6.07, 6.45) is 35.1. The van der Waals surface area contributed by atoms with Gasteiger partial charge in [0.25, 0.3) is 0 Å². The number of phosphoric acid groups is 1. The summed E-state index contributed by atoms with van der Waals surface area (Å²) in [4.78, 5) is 22.5. The Bertz CT molecular complexity index is 764. The number of nitrogens with one attached hydrogen (secondary N) is 1. The number of rotatable bonds is 34. The van der Waals surface area contributed by atoms with Crippen LogP contribution in [0.5, 0.6) is 0 Å². The molecular weight excluding hydrogens is 587 g/mol. The molecule has 8 nitrogen and oxygen atoms in total. The van der Waals surface area contributed by atoms with Crippen molar-refractivity contribution >= 4 is 13.7 Å². The van der Waals surface area contributed by atoms with Crippen molar-refractivity contribution in [3.05, 3.63) is 24.3 Å². The number of aliphatic hydroxyl groups is 1. The first-order chi connectivity index (χ1) is 21.9. The number of hydrogen-bond donors (Lipinski definition) is 4. The first-order valence-corrected chi connectivity index (χ1v) is 20.0. The summed E-state index contributed by atoms with van der Waals surface area (Å²) >= 11 is 0. The Morgan fingerprint density at radius 3 is 1.64 bits per heavy atom. The van der Waals surface area contributed by atoms with Gasteiger partial charge in [0.2, 0.25) is 5.91 Å².